The van der Waals surface area contributed by atoms with E-state index in [1.165, 1.54) is 0 Å². The third kappa shape index (κ3) is 2.04. The zero-order valence-electron chi connectivity index (χ0n) is 11.8. The second-order valence-corrected chi connectivity index (χ2v) is 6.11. The molecule has 1 aliphatic heterocycles. The van der Waals surface area contributed by atoms with E-state index in [-0.39, 0.29) is 0 Å². The summed E-state index contributed by atoms with van der Waals surface area (Å²) in [6, 6.07) is 22.5. The minimum Gasteiger partial charge on any atom is -0.397 e. The molecule has 3 aromatic rings. The van der Waals surface area contributed by atoms with Crippen molar-refractivity contribution in [3.05, 3.63) is 71.2 Å². The molecule has 0 spiro atoms. The Hall–Kier alpha value is -2.46. The molecule has 0 atom stereocenters. The predicted octanol–water partition coefficient (Wildman–Crippen LogP) is 5.56. The van der Waals surface area contributed by atoms with Gasteiger partial charge in [0.05, 0.1) is 28.4 Å². The van der Waals surface area contributed by atoms with E-state index in [0.29, 0.717) is 0 Å². The highest BCUT2D eigenvalue weighted by molar-refractivity contribution is 9.10. The lowest BCUT2D eigenvalue weighted by molar-refractivity contribution is 1.25. The quantitative estimate of drug-likeness (QED) is 0.441. The van der Waals surface area contributed by atoms with E-state index in [1.807, 2.05) is 36.4 Å². The Labute approximate surface area is 137 Å². The van der Waals surface area contributed by atoms with Gasteiger partial charge in [0.2, 0.25) is 0 Å². The van der Waals surface area contributed by atoms with Crippen molar-refractivity contribution in [3.8, 4) is 0 Å². The highest BCUT2D eigenvalue weighted by Crippen LogP contribution is 2.50. The fourth-order valence-corrected chi connectivity index (χ4v) is 3.14. The number of nitrogens with one attached hydrogen (secondary N) is 1. The van der Waals surface area contributed by atoms with E-state index in [0.717, 1.165) is 38.6 Å². The van der Waals surface area contributed by atoms with Crippen molar-refractivity contribution in [1.82, 2.24) is 0 Å². The van der Waals surface area contributed by atoms with Crippen molar-refractivity contribution >= 4 is 50.1 Å². The maximum absolute atomic E-state index is 6.17. The van der Waals surface area contributed by atoms with Gasteiger partial charge < -0.3 is 16.0 Å². The minimum absolute atomic E-state index is 0.743. The molecule has 0 aromatic heterocycles. The van der Waals surface area contributed by atoms with Crippen molar-refractivity contribution < 1.29 is 0 Å². The fraction of sp³-hybridized carbons (Fsp3) is 0. The molecule has 108 valence electrons. The first kappa shape index (κ1) is 13.2. The fourth-order valence-electron chi connectivity index (χ4n) is 2.80. The summed E-state index contributed by atoms with van der Waals surface area (Å²) in [7, 11) is 0. The van der Waals surface area contributed by atoms with Gasteiger partial charge >= 0.3 is 0 Å². The molecule has 3 N–H and O–H groups in total. The molecule has 0 bridgehead atoms. The largest absolute Gasteiger partial charge is 0.397 e. The first-order valence-corrected chi connectivity index (χ1v) is 7.83. The maximum atomic E-state index is 6.17. The molecular weight excluding hydrogens is 338 g/mol. The second kappa shape index (κ2) is 5.07. The van der Waals surface area contributed by atoms with Crippen LogP contribution in [0.4, 0.5) is 34.1 Å². The molecule has 3 nitrogen and oxygen atoms in total. The van der Waals surface area contributed by atoms with Crippen LogP contribution in [0.15, 0.2) is 71.2 Å². The number of fused-ring (bicyclic) bond motifs is 2. The van der Waals surface area contributed by atoms with E-state index in [4.69, 9.17) is 5.73 Å². The first-order chi connectivity index (χ1) is 10.7. The van der Waals surface area contributed by atoms with Gasteiger partial charge in [0, 0.05) is 10.2 Å². The van der Waals surface area contributed by atoms with Crippen molar-refractivity contribution in [2.45, 2.75) is 0 Å². The number of halogens is 1. The van der Waals surface area contributed by atoms with Gasteiger partial charge in [0.25, 0.3) is 0 Å². The van der Waals surface area contributed by atoms with Gasteiger partial charge in [0.1, 0.15) is 0 Å². The molecule has 4 rings (SSSR count). The molecule has 0 saturated carbocycles. The average molecular weight is 352 g/mol. The van der Waals surface area contributed by atoms with Crippen LogP contribution in [0.5, 0.6) is 0 Å². The van der Waals surface area contributed by atoms with Gasteiger partial charge in [-0.1, -0.05) is 40.2 Å². The molecule has 0 unspecified atom stereocenters. The van der Waals surface area contributed by atoms with Crippen LogP contribution in [0.2, 0.25) is 0 Å². The van der Waals surface area contributed by atoms with Crippen molar-refractivity contribution in [3.63, 3.8) is 0 Å². The molecule has 4 heteroatoms. The van der Waals surface area contributed by atoms with Crippen LogP contribution in [0, 0.1) is 0 Å². The number of benzene rings is 3. The molecule has 22 heavy (non-hydrogen) atoms. The van der Waals surface area contributed by atoms with Crippen LogP contribution in [0.1, 0.15) is 0 Å². The van der Waals surface area contributed by atoms with Gasteiger partial charge in [-0.2, -0.15) is 0 Å². The summed E-state index contributed by atoms with van der Waals surface area (Å²) in [4.78, 5) is 2.22. The standard InChI is InChI=1S/C18H14BrN3/c19-12-9-10-15-17(11-12)22(13-5-2-1-3-6-13)16-8-4-7-14(20)18(16)21-15/h1-11,21H,20H2. The topological polar surface area (TPSA) is 41.3 Å². The summed E-state index contributed by atoms with van der Waals surface area (Å²) in [6.45, 7) is 0. The summed E-state index contributed by atoms with van der Waals surface area (Å²) in [5.41, 5.74) is 12.2. The number of para-hydroxylation sites is 2. The van der Waals surface area contributed by atoms with Crippen LogP contribution < -0.4 is 16.0 Å². The zero-order chi connectivity index (χ0) is 15.1. The molecule has 0 fully saturated rings. The summed E-state index contributed by atoms with van der Waals surface area (Å²) in [5, 5.41) is 3.45. The van der Waals surface area contributed by atoms with Gasteiger partial charge in [-0.3, -0.25) is 0 Å². The number of hydrogen-bond donors (Lipinski definition) is 2. The normalized spacial score (nSPS) is 12.3. The number of rotatable bonds is 1. The molecule has 1 heterocycles. The van der Waals surface area contributed by atoms with Crippen LogP contribution in [0.3, 0.4) is 0 Å². The number of nitrogens with two attached hydrogens (primary N) is 1. The molecule has 0 saturated heterocycles. The average Bonchev–Trinajstić information content (AvgIpc) is 2.54. The molecular formula is C18H14BrN3. The number of nitrogens with zero attached hydrogens (tertiary/aromatic N) is 1. The third-order valence-electron chi connectivity index (χ3n) is 3.79. The number of hydrogen-bond acceptors (Lipinski definition) is 3. The Balaban J connectivity index is 2.00. The van der Waals surface area contributed by atoms with Crippen LogP contribution in [-0.4, -0.2) is 0 Å². The first-order valence-electron chi connectivity index (χ1n) is 7.04. The van der Waals surface area contributed by atoms with Crippen LogP contribution >= 0.6 is 15.9 Å². The van der Waals surface area contributed by atoms with Crippen LogP contribution in [0.25, 0.3) is 0 Å². The molecule has 0 aliphatic carbocycles. The summed E-state index contributed by atoms with van der Waals surface area (Å²) < 4.78 is 1.04. The summed E-state index contributed by atoms with van der Waals surface area (Å²) in [5.74, 6) is 0. The smallest absolute Gasteiger partial charge is 0.0863 e. The third-order valence-corrected chi connectivity index (χ3v) is 4.28. The molecule has 1 aliphatic rings. The zero-order valence-corrected chi connectivity index (χ0v) is 13.3. The number of nitrogen functional groups attached to an aromatic ring is 1. The monoisotopic (exact) mass is 351 g/mol. The lowest BCUT2D eigenvalue weighted by atomic mass is 10.1. The summed E-state index contributed by atoms with van der Waals surface area (Å²) in [6.07, 6.45) is 0. The Morgan fingerprint density at radius 1 is 0.864 bits per heavy atom. The molecule has 0 radical (unpaired) electrons. The van der Waals surface area contributed by atoms with Gasteiger partial charge in [0.15, 0.2) is 0 Å². The number of anilines is 6. The molecule has 3 aromatic carbocycles. The minimum atomic E-state index is 0.743. The lowest BCUT2D eigenvalue weighted by Gasteiger charge is -2.34. The predicted molar refractivity (Wildman–Crippen MR) is 96.5 cm³/mol. The Morgan fingerprint density at radius 3 is 2.50 bits per heavy atom. The van der Waals surface area contributed by atoms with E-state index >= 15 is 0 Å². The van der Waals surface area contributed by atoms with Crippen molar-refractivity contribution in [2.24, 2.45) is 0 Å². The van der Waals surface area contributed by atoms with E-state index in [9.17, 15) is 0 Å². The lowest BCUT2D eigenvalue weighted by Crippen LogP contribution is -2.18. The van der Waals surface area contributed by atoms with Gasteiger partial charge in [-0.15, -0.1) is 0 Å². The van der Waals surface area contributed by atoms with Crippen LogP contribution in [-0.2, 0) is 0 Å². The van der Waals surface area contributed by atoms with Crippen molar-refractivity contribution in [1.29, 1.82) is 0 Å². The maximum Gasteiger partial charge on any atom is 0.0863 e. The second-order valence-electron chi connectivity index (χ2n) is 5.20. The van der Waals surface area contributed by atoms with Gasteiger partial charge in [-0.25, -0.2) is 0 Å². The SMILES string of the molecule is Nc1cccc2c1Nc1ccc(Br)cc1N2c1ccccc1. The van der Waals surface area contributed by atoms with E-state index in [2.05, 4.69) is 56.5 Å². The van der Waals surface area contributed by atoms with E-state index in [1.54, 1.807) is 0 Å². The van der Waals surface area contributed by atoms with E-state index < -0.39 is 0 Å². The van der Waals surface area contributed by atoms with Gasteiger partial charge in [-0.05, 0) is 42.5 Å². The molecule has 0 amide bonds. The van der Waals surface area contributed by atoms with Crippen molar-refractivity contribution in [2.75, 3.05) is 16.0 Å². The summed E-state index contributed by atoms with van der Waals surface area (Å²) >= 11 is 3.57. The Morgan fingerprint density at radius 2 is 1.68 bits per heavy atom. The Bertz CT molecular complexity index is 844. The Kier molecular flexibility index (Phi) is 3.05. The highest BCUT2D eigenvalue weighted by atomic mass is 79.9. The highest BCUT2D eigenvalue weighted by Gasteiger charge is 2.25.